The van der Waals surface area contributed by atoms with Gasteiger partial charge < -0.3 is 0 Å². The zero-order valence-corrected chi connectivity index (χ0v) is 8.74. The highest BCUT2D eigenvalue weighted by Crippen LogP contribution is 2.39. The van der Waals surface area contributed by atoms with Crippen molar-refractivity contribution in [3.05, 3.63) is 0 Å². The molecule has 0 spiro atoms. The molecule has 2 radical (unpaired) electrons. The summed E-state index contributed by atoms with van der Waals surface area (Å²) in [6, 6.07) is 0. The van der Waals surface area contributed by atoms with Gasteiger partial charge in [-0.15, -0.1) is 0 Å². The first-order chi connectivity index (χ1) is 6.31. The van der Waals surface area contributed by atoms with E-state index in [9.17, 15) is 8.78 Å². The van der Waals surface area contributed by atoms with Gasteiger partial charge >= 0.3 is 5.92 Å². The number of halogens is 2. The van der Waals surface area contributed by atoms with Crippen LogP contribution in [0.4, 0.5) is 8.78 Å². The molecular weight excluding hydrogens is 181 g/mol. The van der Waals surface area contributed by atoms with E-state index in [4.69, 9.17) is 7.85 Å². The van der Waals surface area contributed by atoms with Crippen molar-refractivity contribution < 1.29 is 8.78 Å². The Morgan fingerprint density at radius 3 is 2.57 bits per heavy atom. The molecule has 76 valence electrons. The van der Waals surface area contributed by atoms with Gasteiger partial charge in [0.1, 0.15) is 0 Å². The Hall–Kier alpha value is -0.515. The summed E-state index contributed by atoms with van der Waals surface area (Å²) in [6.07, 6.45) is 1.66. The van der Waals surface area contributed by atoms with Crippen molar-refractivity contribution in [2.24, 2.45) is 5.92 Å². The van der Waals surface area contributed by atoms with Crippen molar-refractivity contribution >= 4 is 7.85 Å². The van der Waals surface area contributed by atoms with Crippen LogP contribution in [0.2, 0.25) is 5.31 Å². The minimum atomic E-state index is -2.82. The Balaban J connectivity index is 2.69. The average Bonchev–Trinajstić information content (AvgIpc) is 1.96. The molecule has 0 fully saturated rings. The Kier molecular flexibility index (Phi) is 3.24. The fourth-order valence-corrected chi connectivity index (χ4v) is 1.74. The fourth-order valence-electron chi connectivity index (χ4n) is 1.74. The van der Waals surface area contributed by atoms with Gasteiger partial charge in [-0.05, 0) is 24.7 Å². The van der Waals surface area contributed by atoms with Crippen molar-refractivity contribution in [3.8, 4) is 11.8 Å². The second kappa shape index (κ2) is 3.92. The van der Waals surface area contributed by atoms with Crippen molar-refractivity contribution in [2.45, 2.75) is 50.8 Å². The van der Waals surface area contributed by atoms with Crippen molar-refractivity contribution in [2.75, 3.05) is 0 Å². The van der Waals surface area contributed by atoms with Gasteiger partial charge in [-0.2, -0.15) is 8.78 Å². The van der Waals surface area contributed by atoms with Gasteiger partial charge in [-0.25, -0.2) is 0 Å². The normalized spacial score (nSPS) is 27.0. The standard InChI is InChI=1S/C11H15BF2/c1-10(2,12)9-5-3-4-7-11(13,14)8-6-9/h9H,3,5-6,8H2,1-2H3. The SMILES string of the molecule is [B]C(C)(C)C1CCC#CC(F)(F)CC1. The molecule has 1 atom stereocenters. The van der Waals surface area contributed by atoms with Crippen LogP contribution >= 0.6 is 0 Å². The van der Waals surface area contributed by atoms with Gasteiger partial charge in [-0.3, -0.25) is 0 Å². The summed E-state index contributed by atoms with van der Waals surface area (Å²) in [5.74, 6) is 1.86. The van der Waals surface area contributed by atoms with Crippen molar-refractivity contribution in [3.63, 3.8) is 0 Å². The van der Waals surface area contributed by atoms with Crippen LogP contribution in [0, 0.1) is 17.8 Å². The summed E-state index contributed by atoms with van der Waals surface area (Å²) < 4.78 is 26.0. The van der Waals surface area contributed by atoms with Crippen LogP contribution in [0.15, 0.2) is 0 Å². The zero-order valence-electron chi connectivity index (χ0n) is 8.74. The molecule has 0 aromatic heterocycles. The molecular formula is C11H15BF2. The molecule has 1 aliphatic carbocycles. The van der Waals surface area contributed by atoms with E-state index >= 15 is 0 Å². The predicted octanol–water partition coefficient (Wildman–Crippen LogP) is 3.18. The molecule has 0 amide bonds. The van der Waals surface area contributed by atoms with Crippen molar-refractivity contribution in [1.82, 2.24) is 0 Å². The van der Waals surface area contributed by atoms with Crippen LogP contribution in [-0.2, 0) is 0 Å². The second-order valence-electron chi connectivity index (χ2n) is 4.60. The second-order valence-corrected chi connectivity index (χ2v) is 4.60. The summed E-state index contributed by atoms with van der Waals surface area (Å²) in [7, 11) is 5.93. The minimum absolute atomic E-state index is 0.142. The topological polar surface area (TPSA) is 0 Å². The Morgan fingerprint density at radius 2 is 2.00 bits per heavy atom. The van der Waals surface area contributed by atoms with Gasteiger partial charge in [0.15, 0.2) is 0 Å². The molecule has 0 aromatic rings. The average molecular weight is 196 g/mol. The first kappa shape index (κ1) is 11.6. The van der Waals surface area contributed by atoms with Gasteiger partial charge in [-0.1, -0.05) is 25.1 Å². The minimum Gasteiger partial charge on any atom is -0.192 e. The Bertz CT molecular complexity index is 255. The number of alkyl halides is 2. The quantitative estimate of drug-likeness (QED) is 0.446. The molecule has 14 heavy (non-hydrogen) atoms. The zero-order chi connectivity index (χ0) is 10.8. The van der Waals surface area contributed by atoms with Crippen LogP contribution in [-0.4, -0.2) is 13.8 Å². The molecule has 1 rings (SSSR count). The van der Waals surface area contributed by atoms with Crippen LogP contribution in [0.1, 0.15) is 39.5 Å². The Morgan fingerprint density at radius 1 is 1.36 bits per heavy atom. The lowest BCUT2D eigenvalue weighted by molar-refractivity contribution is 0.0453. The van der Waals surface area contributed by atoms with E-state index in [1.54, 1.807) is 0 Å². The van der Waals surface area contributed by atoms with Crippen LogP contribution in [0.25, 0.3) is 0 Å². The fraction of sp³-hybridized carbons (Fsp3) is 0.818. The summed E-state index contributed by atoms with van der Waals surface area (Å²) in [4.78, 5) is 0. The molecule has 0 bridgehead atoms. The third-order valence-electron chi connectivity index (χ3n) is 2.75. The molecule has 0 N–H and O–H groups in total. The van der Waals surface area contributed by atoms with Crippen LogP contribution < -0.4 is 0 Å². The van der Waals surface area contributed by atoms with E-state index in [1.165, 1.54) is 0 Å². The molecule has 3 heteroatoms. The van der Waals surface area contributed by atoms with Crippen LogP contribution in [0.3, 0.4) is 0 Å². The summed E-state index contributed by atoms with van der Waals surface area (Å²) in [5, 5.41) is -0.380. The molecule has 0 saturated heterocycles. The maximum absolute atomic E-state index is 13.0. The number of rotatable bonds is 1. The Labute approximate surface area is 85.9 Å². The lowest BCUT2D eigenvalue weighted by Gasteiger charge is -2.32. The lowest BCUT2D eigenvalue weighted by Crippen LogP contribution is -2.23. The van der Waals surface area contributed by atoms with Gasteiger partial charge in [0, 0.05) is 12.8 Å². The molecule has 1 aliphatic rings. The van der Waals surface area contributed by atoms with E-state index < -0.39 is 5.92 Å². The maximum atomic E-state index is 13.0. The van der Waals surface area contributed by atoms with Gasteiger partial charge in [0.05, 0.1) is 7.85 Å². The van der Waals surface area contributed by atoms with E-state index in [1.807, 2.05) is 19.8 Å². The van der Waals surface area contributed by atoms with E-state index in [2.05, 4.69) is 5.92 Å². The first-order valence-corrected chi connectivity index (χ1v) is 4.98. The predicted molar refractivity (Wildman–Crippen MR) is 54.5 cm³/mol. The van der Waals surface area contributed by atoms with Gasteiger partial charge in [0.25, 0.3) is 0 Å². The third-order valence-corrected chi connectivity index (χ3v) is 2.75. The highest BCUT2D eigenvalue weighted by atomic mass is 19.3. The number of hydrogen-bond acceptors (Lipinski definition) is 0. The van der Waals surface area contributed by atoms with E-state index in [-0.39, 0.29) is 17.7 Å². The van der Waals surface area contributed by atoms with E-state index in [0.29, 0.717) is 12.8 Å². The lowest BCUT2D eigenvalue weighted by atomic mass is 9.60. The smallest absolute Gasteiger partial charge is 0.192 e. The summed E-state index contributed by atoms with van der Waals surface area (Å²) in [5.41, 5.74) is 0. The maximum Gasteiger partial charge on any atom is 0.308 e. The van der Waals surface area contributed by atoms with Gasteiger partial charge in [0.2, 0.25) is 0 Å². The summed E-state index contributed by atoms with van der Waals surface area (Å²) >= 11 is 0. The molecule has 0 nitrogen and oxygen atoms in total. The molecule has 0 aromatic carbocycles. The highest BCUT2D eigenvalue weighted by molar-refractivity contribution is 6.14. The highest BCUT2D eigenvalue weighted by Gasteiger charge is 2.31. The molecule has 0 heterocycles. The van der Waals surface area contributed by atoms with E-state index in [0.717, 1.165) is 6.42 Å². The molecule has 0 saturated carbocycles. The van der Waals surface area contributed by atoms with Crippen molar-refractivity contribution in [1.29, 1.82) is 0 Å². The monoisotopic (exact) mass is 196 g/mol. The third kappa shape index (κ3) is 3.33. The van der Waals surface area contributed by atoms with Crippen LogP contribution in [0.5, 0.6) is 0 Å². The first-order valence-electron chi connectivity index (χ1n) is 4.98. The molecule has 0 aliphatic heterocycles. The summed E-state index contributed by atoms with van der Waals surface area (Å²) in [6.45, 7) is 3.79. The number of hydrogen-bond donors (Lipinski definition) is 0. The largest absolute Gasteiger partial charge is 0.308 e. The molecule has 1 unspecified atom stereocenters.